The molecule has 0 radical (unpaired) electrons. The van der Waals surface area contributed by atoms with Gasteiger partial charge in [0, 0.05) is 12.3 Å². The summed E-state index contributed by atoms with van der Waals surface area (Å²) in [5.41, 5.74) is 11.7. The molecule has 204 valence electrons. The van der Waals surface area contributed by atoms with E-state index in [9.17, 15) is 0 Å². The van der Waals surface area contributed by atoms with E-state index in [2.05, 4.69) is 85.8 Å². The molecule has 4 rings (SSSR count). The number of benzene rings is 3. The van der Waals surface area contributed by atoms with Crippen molar-refractivity contribution in [2.45, 2.75) is 87.7 Å². The maximum atomic E-state index is 6.09. The van der Waals surface area contributed by atoms with Gasteiger partial charge in [0.05, 0.1) is 11.9 Å². The summed E-state index contributed by atoms with van der Waals surface area (Å²) in [5, 5.41) is 0. The molecule has 0 aliphatic heterocycles. The van der Waals surface area contributed by atoms with Crippen molar-refractivity contribution in [1.82, 2.24) is 0 Å². The molecule has 1 aliphatic rings. The van der Waals surface area contributed by atoms with Crippen LogP contribution in [0.3, 0.4) is 0 Å². The van der Waals surface area contributed by atoms with Crippen LogP contribution < -0.4 is 10.5 Å². The van der Waals surface area contributed by atoms with Crippen LogP contribution in [0.15, 0.2) is 78.9 Å². The molecule has 0 spiro atoms. The molecule has 38 heavy (non-hydrogen) atoms. The fourth-order valence-electron chi connectivity index (χ4n) is 6.25. The minimum absolute atomic E-state index is 0.248. The second-order valence-electron chi connectivity index (χ2n) is 11.2. The summed E-state index contributed by atoms with van der Waals surface area (Å²) in [6.07, 6.45) is 15.1. The van der Waals surface area contributed by atoms with Crippen LogP contribution in [0.25, 0.3) is 0 Å². The summed E-state index contributed by atoms with van der Waals surface area (Å²) < 4.78 is 5.16. The monoisotopic (exact) mass is 529 g/mol. The molecule has 0 amide bonds. The van der Waals surface area contributed by atoms with Gasteiger partial charge in [0.2, 0.25) is 0 Å². The molecule has 1 aliphatic carbocycles. The number of thioether (sulfide) groups is 1. The van der Waals surface area contributed by atoms with Gasteiger partial charge in [-0.25, -0.2) is 0 Å². The summed E-state index contributed by atoms with van der Waals surface area (Å²) in [7, 11) is 1.73. The molecule has 2 nitrogen and oxygen atoms in total. The van der Waals surface area contributed by atoms with E-state index in [1.807, 2.05) is 11.8 Å². The van der Waals surface area contributed by atoms with Gasteiger partial charge < -0.3 is 10.5 Å². The SMILES string of the molecule is COc1ccc(C(SCCN)(c2ccccc2)c2ccc(C3(C)CCCCCCCCCCC3)cc2)cc1. The van der Waals surface area contributed by atoms with E-state index in [0.29, 0.717) is 6.54 Å². The summed E-state index contributed by atoms with van der Waals surface area (Å²) in [5.74, 6) is 1.76. The number of hydrogen-bond acceptors (Lipinski definition) is 3. The predicted octanol–water partition coefficient (Wildman–Crippen LogP) is 9.24. The molecule has 3 heteroatoms. The highest BCUT2D eigenvalue weighted by molar-refractivity contribution is 8.00. The van der Waals surface area contributed by atoms with Gasteiger partial charge >= 0.3 is 0 Å². The van der Waals surface area contributed by atoms with Crippen molar-refractivity contribution < 1.29 is 4.74 Å². The van der Waals surface area contributed by atoms with Crippen LogP contribution in [-0.4, -0.2) is 19.4 Å². The highest BCUT2D eigenvalue weighted by Gasteiger charge is 2.37. The Bertz CT molecular complexity index is 1070. The molecule has 0 bridgehead atoms. The normalized spacial score (nSPS) is 18.5. The smallest absolute Gasteiger partial charge is 0.118 e. The molecule has 0 heterocycles. The van der Waals surface area contributed by atoms with Gasteiger partial charge in [-0.05, 0) is 52.6 Å². The lowest BCUT2D eigenvalue weighted by Gasteiger charge is -2.37. The molecule has 1 atom stereocenters. The second kappa shape index (κ2) is 14.2. The summed E-state index contributed by atoms with van der Waals surface area (Å²) in [6.45, 7) is 3.16. The average Bonchev–Trinajstić information content (AvgIpc) is 2.96. The van der Waals surface area contributed by atoms with Crippen LogP contribution in [0.5, 0.6) is 5.75 Å². The number of nitrogens with two attached hydrogens (primary N) is 1. The van der Waals surface area contributed by atoms with Gasteiger partial charge in [0.25, 0.3) is 0 Å². The van der Waals surface area contributed by atoms with Crippen LogP contribution >= 0.6 is 11.8 Å². The van der Waals surface area contributed by atoms with E-state index in [-0.39, 0.29) is 10.2 Å². The van der Waals surface area contributed by atoms with E-state index >= 15 is 0 Å². The molecule has 1 saturated carbocycles. The van der Waals surface area contributed by atoms with Crippen LogP contribution in [0.4, 0.5) is 0 Å². The van der Waals surface area contributed by atoms with Crippen molar-refractivity contribution in [3.8, 4) is 5.75 Å². The summed E-state index contributed by atoms with van der Waals surface area (Å²) in [6, 6.07) is 29.2. The van der Waals surface area contributed by atoms with Crippen molar-refractivity contribution in [1.29, 1.82) is 0 Å². The second-order valence-corrected chi connectivity index (χ2v) is 12.5. The van der Waals surface area contributed by atoms with Gasteiger partial charge in [-0.15, -0.1) is 11.8 Å². The quantitative estimate of drug-likeness (QED) is 0.295. The molecular formula is C35H47NOS. The van der Waals surface area contributed by atoms with Crippen LogP contribution in [0, 0.1) is 0 Å². The molecule has 1 fully saturated rings. The molecule has 1 unspecified atom stereocenters. The van der Waals surface area contributed by atoms with Gasteiger partial charge in [0.1, 0.15) is 5.75 Å². The van der Waals surface area contributed by atoms with E-state index in [4.69, 9.17) is 10.5 Å². The van der Waals surface area contributed by atoms with Crippen LogP contribution in [-0.2, 0) is 10.2 Å². The number of hydrogen-bond donors (Lipinski definition) is 1. The molecular weight excluding hydrogens is 482 g/mol. The van der Waals surface area contributed by atoms with Gasteiger partial charge in [-0.3, -0.25) is 0 Å². The molecule has 3 aromatic carbocycles. The zero-order chi connectivity index (χ0) is 26.7. The summed E-state index contributed by atoms with van der Waals surface area (Å²) in [4.78, 5) is 0. The first kappa shape index (κ1) is 28.8. The van der Waals surface area contributed by atoms with Crippen molar-refractivity contribution in [3.63, 3.8) is 0 Å². The number of methoxy groups -OCH3 is 1. The lowest BCUT2D eigenvalue weighted by Crippen LogP contribution is -2.28. The topological polar surface area (TPSA) is 35.2 Å². The third-order valence-corrected chi connectivity index (χ3v) is 10.1. The van der Waals surface area contributed by atoms with Gasteiger partial charge in [0.15, 0.2) is 0 Å². The third kappa shape index (κ3) is 6.85. The fraction of sp³-hybridized carbons (Fsp3) is 0.486. The van der Waals surface area contributed by atoms with Crippen LogP contribution in [0.1, 0.15) is 99.8 Å². The zero-order valence-electron chi connectivity index (χ0n) is 23.6. The Hall–Kier alpha value is -2.23. The van der Waals surface area contributed by atoms with Crippen molar-refractivity contribution in [2.24, 2.45) is 5.73 Å². The highest BCUT2D eigenvalue weighted by atomic mass is 32.2. The van der Waals surface area contributed by atoms with Crippen molar-refractivity contribution >= 4 is 11.8 Å². The Labute approximate surface area is 235 Å². The Kier molecular flexibility index (Phi) is 10.8. The zero-order valence-corrected chi connectivity index (χ0v) is 24.4. The first-order valence-corrected chi connectivity index (χ1v) is 15.8. The first-order valence-electron chi connectivity index (χ1n) is 14.8. The van der Waals surface area contributed by atoms with Gasteiger partial charge in [-0.1, -0.05) is 131 Å². The van der Waals surface area contributed by atoms with Crippen molar-refractivity contribution in [3.05, 3.63) is 101 Å². The van der Waals surface area contributed by atoms with Gasteiger partial charge in [-0.2, -0.15) is 0 Å². The number of ether oxygens (including phenoxy) is 1. The minimum Gasteiger partial charge on any atom is -0.497 e. The fourth-order valence-corrected chi connectivity index (χ4v) is 7.58. The average molecular weight is 530 g/mol. The third-order valence-electron chi connectivity index (χ3n) is 8.56. The molecule has 2 N–H and O–H groups in total. The Morgan fingerprint density at radius 1 is 0.684 bits per heavy atom. The Balaban J connectivity index is 1.73. The molecule has 0 aromatic heterocycles. The largest absolute Gasteiger partial charge is 0.497 e. The maximum Gasteiger partial charge on any atom is 0.118 e. The summed E-state index contributed by atoms with van der Waals surface area (Å²) >= 11 is 1.93. The highest BCUT2D eigenvalue weighted by Crippen LogP contribution is 2.49. The lowest BCUT2D eigenvalue weighted by atomic mass is 9.73. The Morgan fingerprint density at radius 2 is 1.16 bits per heavy atom. The predicted molar refractivity (Wildman–Crippen MR) is 165 cm³/mol. The number of rotatable bonds is 8. The maximum absolute atomic E-state index is 6.09. The molecule has 0 saturated heterocycles. The van der Waals surface area contributed by atoms with Crippen molar-refractivity contribution in [2.75, 3.05) is 19.4 Å². The Morgan fingerprint density at radius 3 is 1.66 bits per heavy atom. The standard InChI is InChI=1S/C35H47NOS/c1-34(25-13-8-6-4-3-5-7-9-14-26-34)29-17-19-31(20-18-29)35(38-28-27-36,30-15-11-10-12-16-30)32-21-23-33(37-2)24-22-32/h10-12,15-24H,3-9,13-14,25-28,36H2,1-2H3. The van der Waals surface area contributed by atoms with E-state index in [1.165, 1.54) is 92.9 Å². The van der Waals surface area contributed by atoms with Crippen LogP contribution in [0.2, 0.25) is 0 Å². The lowest BCUT2D eigenvalue weighted by molar-refractivity contribution is 0.356. The van der Waals surface area contributed by atoms with E-state index in [0.717, 1.165) is 11.5 Å². The van der Waals surface area contributed by atoms with E-state index < -0.39 is 0 Å². The first-order chi connectivity index (χ1) is 18.6. The molecule has 3 aromatic rings. The van der Waals surface area contributed by atoms with E-state index in [1.54, 1.807) is 7.11 Å². The minimum atomic E-state index is -0.334.